The molecule has 0 aliphatic rings. The van der Waals surface area contributed by atoms with Gasteiger partial charge in [0, 0.05) is 19.3 Å². The van der Waals surface area contributed by atoms with Crippen molar-refractivity contribution in [2.45, 2.75) is 25.9 Å². The predicted molar refractivity (Wildman–Crippen MR) is 85.1 cm³/mol. The summed E-state index contributed by atoms with van der Waals surface area (Å²) in [5.41, 5.74) is 9.00. The van der Waals surface area contributed by atoms with Crippen LogP contribution >= 0.6 is 11.6 Å². The Balaban J connectivity index is 2.12. The number of hydrogen-bond donors (Lipinski definition) is 1. The minimum atomic E-state index is 0.142. The number of aromatic nitrogens is 1. The van der Waals surface area contributed by atoms with E-state index in [0.717, 1.165) is 29.4 Å². The summed E-state index contributed by atoms with van der Waals surface area (Å²) in [6, 6.07) is 12.2. The molecule has 3 nitrogen and oxygen atoms in total. The summed E-state index contributed by atoms with van der Waals surface area (Å²) in [5.74, 6) is 0. The predicted octanol–water partition coefficient (Wildman–Crippen LogP) is 3.26. The molecular formula is C16H20ClN3. The van der Waals surface area contributed by atoms with E-state index in [9.17, 15) is 0 Å². The standard InChI is InChI=1S/C16H20ClN3/c1-12(18)9-13-6-7-16(15(17)10-13)20(2)11-14-5-3-4-8-19-14/h3-8,10,12H,9,11,18H2,1-2H3. The van der Waals surface area contributed by atoms with E-state index in [4.69, 9.17) is 17.3 Å². The summed E-state index contributed by atoms with van der Waals surface area (Å²) in [4.78, 5) is 6.43. The second kappa shape index (κ2) is 6.73. The largest absolute Gasteiger partial charge is 0.367 e. The maximum Gasteiger partial charge on any atom is 0.0642 e. The second-order valence-corrected chi connectivity index (χ2v) is 5.55. The summed E-state index contributed by atoms with van der Waals surface area (Å²) < 4.78 is 0. The van der Waals surface area contributed by atoms with Crippen LogP contribution in [0.2, 0.25) is 5.02 Å². The van der Waals surface area contributed by atoms with Gasteiger partial charge in [-0.3, -0.25) is 4.98 Å². The van der Waals surface area contributed by atoms with E-state index in [1.807, 2.05) is 44.3 Å². The number of hydrogen-bond acceptors (Lipinski definition) is 3. The van der Waals surface area contributed by atoms with Crippen molar-refractivity contribution in [3.8, 4) is 0 Å². The Bertz CT molecular complexity index is 555. The zero-order valence-electron chi connectivity index (χ0n) is 11.9. The molecule has 1 atom stereocenters. The molecule has 2 aromatic rings. The summed E-state index contributed by atoms with van der Waals surface area (Å²) in [5, 5.41) is 0.751. The van der Waals surface area contributed by atoms with Gasteiger partial charge in [-0.05, 0) is 43.2 Å². The molecule has 1 unspecified atom stereocenters. The van der Waals surface area contributed by atoms with Crippen LogP contribution in [0.25, 0.3) is 0 Å². The van der Waals surface area contributed by atoms with Gasteiger partial charge in [0.2, 0.25) is 0 Å². The quantitative estimate of drug-likeness (QED) is 0.919. The molecule has 0 radical (unpaired) electrons. The van der Waals surface area contributed by atoms with Crippen molar-refractivity contribution in [3.05, 3.63) is 58.9 Å². The summed E-state index contributed by atoms with van der Waals surface area (Å²) in [7, 11) is 2.02. The monoisotopic (exact) mass is 289 g/mol. The molecule has 1 aromatic heterocycles. The number of halogens is 1. The van der Waals surface area contributed by atoms with Gasteiger partial charge in [-0.25, -0.2) is 0 Å². The first-order chi connectivity index (χ1) is 9.56. The Kier molecular flexibility index (Phi) is 4.99. The van der Waals surface area contributed by atoms with Gasteiger partial charge < -0.3 is 10.6 Å². The smallest absolute Gasteiger partial charge is 0.0642 e. The van der Waals surface area contributed by atoms with Gasteiger partial charge in [-0.2, -0.15) is 0 Å². The molecule has 0 fully saturated rings. The van der Waals surface area contributed by atoms with Gasteiger partial charge >= 0.3 is 0 Å². The van der Waals surface area contributed by atoms with Crippen molar-refractivity contribution in [3.63, 3.8) is 0 Å². The topological polar surface area (TPSA) is 42.1 Å². The van der Waals surface area contributed by atoms with Gasteiger partial charge in [0.1, 0.15) is 0 Å². The van der Waals surface area contributed by atoms with Crippen LogP contribution in [0.3, 0.4) is 0 Å². The van der Waals surface area contributed by atoms with Gasteiger partial charge in [0.15, 0.2) is 0 Å². The molecule has 0 saturated carbocycles. The molecule has 1 aromatic carbocycles. The van der Waals surface area contributed by atoms with Crippen LogP contribution < -0.4 is 10.6 Å². The third-order valence-electron chi connectivity index (χ3n) is 3.11. The lowest BCUT2D eigenvalue weighted by Gasteiger charge is -2.21. The second-order valence-electron chi connectivity index (χ2n) is 5.14. The van der Waals surface area contributed by atoms with Crippen LogP contribution in [0.15, 0.2) is 42.6 Å². The SMILES string of the molecule is CC(N)Cc1ccc(N(C)Cc2ccccn2)c(Cl)c1. The minimum absolute atomic E-state index is 0.142. The van der Waals surface area contributed by atoms with Crippen LogP contribution in [0, 0.1) is 0 Å². The van der Waals surface area contributed by atoms with E-state index in [-0.39, 0.29) is 6.04 Å². The lowest BCUT2D eigenvalue weighted by Crippen LogP contribution is -2.19. The minimum Gasteiger partial charge on any atom is -0.367 e. The number of rotatable bonds is 5. The molecule has 1 heterocycles. The van der Waals surface area contributed by atoms with E-state index in [0.29, 0.717) is 0 Å². The number of anilines is 1. The third kappa shape index (κ3) is 3.95. The van der Waals surface area contributed by atoms with Gasteiger partial charge in [-0.15, -0.1) is 0 Å². The fourth-order valence-electron chi connectivity index (χ4n) is 2.18. The van der Waals surface area contributed by atoms with E-state index in [2.05, 4.69) is 16.0 Å². The maximum atomic E-state index is 6.37. The molecule has 0 spiro atoms. The first-order valence-corrected chi connectivity index (χ1v) is 7.09. The number of nitrogens with two attached hydrogens (primary N) is 1. The first-order valence-electron chi connectivity index (χ1n) is 6.71. The van der Waals surface area contributed by atoms with Gasteiger partial charge in [0.05, 0.1) is 22.9 Å². The Hall–Kier alpha value is -1.58. The molecule has 106 valence electrons. The van der Waals surface area contributed by atoms with Crippen molar-refractivity contribution in [1.29, 1.82) is 0 Å². The molecule has 2 rings (SSSR count). The van der Waals surface area contributed by atoms with Crippen molar-refractivity contribution in [2.24, 2.45) is 5.73 Å². The molecule has 4 heteroatoms. The van der Waals surface area contributed by atoms with E-state index < -0.39 is 0 Å². The average Bonchev–Trinajstić information content (AvgIpc) is 2.39. The van der Waals surface area contributed by atoms with E-state index in [1.165, 1.54) is 5.56 Å². The Morgan fingerprint density at radius 1 is 1.30 bits per heavy atom. The van der Waals surface area contributed by atoms with Crippen molar-refractivity contribution in [2.75, 3.05) is 11.9 Å². The highest BCUT2D eigenvalue weighted by molar-refractivity contribution is 6.33. The molecular weight excluding hydrogens is 270 g/mol. The van der Waals surface area contributed by atoms with Gasteiger partial charge in [0.25, 0.3) is 0 Å². The normalized spacial score (nSPS) is 12.2. The third-order valence-corrected chi connectivity index (χ3v) is 3.41. The fourth-order valence-corrected chi connectivity index (χ4v) is 2.53. The highest BCUT2D eigenvalue weighted by Gasteiger charge is 2.09. The molecule has 0 saturated heterocycles. The summed E-state index contributed by atoms with van der Waals surface area (Å²) >= 11 is 6.37. The van der Waals surface area contributed by atoms with Crippen LogP contribution in [0.5, 0.6) is 0 Å². The van der Waals surface area contributed by atoms with Crippen LogP contribution in [-0.2, 0) is 13.0 Å². The van der Waals surface area contributed by atoms with Crippen LogP contribution in [0.1, 0.15) is 18.2 Å². The zero-order chi connectivity index (χ0) is 14.5. The lowest BCUT2D eigenvalue weighted by atomic mass is 10.1. The summed E-state index contributed by atoms with van der Waals surface area (Å²) in [6.45, 7) is 2.72. The summed E-state index contributed by atoms with van der Waals surface area (Å²) in [6.07, 6.45) is 2.64. The molecule has 0 amide bonds. The molecule has 20 heavy (non-hydrogen) atoms. The highest BCUT2D eigenvalue weighted by Crippen LogP contribution is 2.27. The average molecular weight is 290 g/mol. The van der Waals surface area contributed by atoms with E-state index in [1.54, 1.807) is 6.20 Å². The number of pyridine rings is 1. The molecule has 0 bridgehead atoms. The van der Waals surface area contributed by atoms with Gasteiger partial charge in [-0.1, -0.05) is 23.7 Å². The molecule has 0 aliphatic heterocycles. The van der Waals surface area contributed by atoms with Crippen LogP contribution in [-0.4, -0.2) is 18.1 Å². The number of benzene rings is 1. The zero-order valence-corrected chi connectivity index (χ0v) is 12.6. The Morgan fingerprint density at radius 3 is 2.70 bits per heavy atom. The Morgan fingerprint density at radius 2 is 2.10 bits per heavy atom. The Labute approximate surface area is 125 Å². The fraction of sp³-hybridized carbons (Fsp3) is 0.312. The first kappa shape index (κ1) is 14.8. The van der Waals surface area contributed by atoms with Crippen LogP contribution in [0.4, 0.5) is 5.69 Å². The van der Waals surface area contributed by atoms with Crippen molar-refractivity contribution in [1.82, 2.24) is 4.98 Å². The van der Waals surface area contributed by atoms with Crippen molar-refractivity contribution < 1.29 is 0 Å². The molecule has 2 N–H and O–H groups in total. The molecule has 0 aliphatic carbocycles. The van der Waals surface area contributed by atoms with Crippen molar-refractivity contribution >= 4 is 17.3 Å². The highest BCUT2D eigenvalue weighted by atomic mass is 35.5. The maximum absolute atomic E-state index is 6.37. The number of nitrogens with zero attached hydrogens (tertiary/aromatic N) is 2. The lowest BCUT2D eigenvalue weighted by molar-refractivity contribution is 0.738. The van der Waals surface area contributed by atoms with E-state index >= 15 is 0 Å².